The smallest absolute Gasteiger partial charge is 0.135 e. The van der Waals surface area contributed by atoms with Crippen molar-refractivity contribution in [3.8, 4) is 0 Å². The number of aromatic nitrogens is 2. The van der Waals surface area contributed by atoms with Crippen molar-refractivity contribution in [2.75, 3.05) is 17.2 Å². The summed E-state index contributed by atoms with van der Waals surface area (Å²) in [4.78, 5) is 9.24. The van der Waals surface area contributed by atoms with Crippen molar-refractivity contribution < 1.29 is 0 Å². The Hall–Kier alpha value is -1.32. The van der Waals surface area contributed by atoms with Gasteiger partial charge in [-0.05, 0) is 32.1 Å². The summed E-state index contributed by atoms with van der Waals surface area (Å²) in [5.74, 6) is 3.83. The first-order valence-corrected chi connectivity index (χ1v) is 8.31. The lowest BCUT2D eigenvalue weighted by Gasteiger charge is -2.18. The molecule has 1 rings (SSSR count). The quantitative estimate of drug-likeness (QED) is 0.695. The van der Waals surface area contributed by atoms with Gasteiger partial charge in [0.05, 0.1) is 0 Å². The van der Waals surface area contributed by atoms with Gasteiger partial charge in [0.15, 0.2) is 0 Å². The van der Waals surface area contributed by atoms with Crippen LogP contribution >= 0.6 is 0 Å². The summed E-state index contributed by atoms with van der Waals surface area (Å²) in [6, 6.07) is 2.45. The number of hydrogen-bond acceptors (Lipinski definition) is 4. The van der Waals surface area contributed by atoms with Gasteiger partial charge in [0.2, 0.25) is 0 Å². The molecular formula is C17H32N4. The molecule has 0 amide bonds. The van der Waals surface area contributed by atoms with Gasteiger partial charge in [0.1, 0.15) is 17.5 Å². The van der Waals surface area contributed by atoms with Crippen LogP contribution in [0, 0.1) is 5.92 Å². The number of anilines is 2. The van der Waals surface area contributed by atoms with Crippen LogP contribution in [-0.2, 0) is 0 Å². The van der Waals surface area contributed by atoms with E-state index in [9.17, 15) is 0 Å². The Morgan fingerprint density at radius 2 is 1.67 bits per heavy atom. The fourth-order valence-corrected chi connectivity index (χ4v) is 2.05. The molecule has 4 nitrogen and oxygen atoms in total. The van der Waals surface area contributed by atoms with E-state index in [1.165, 1.54) is 6.42 Å². The largest absolute Gasteiger partial charge is 0.370 e. The molecule has 0 aromatic carbocycles. The van der Waals surface area contributed by atoms with Gasteiger partial charge in [-0.25, -0.2) is 9.97 Å². The van der Waals surface area contributed by atoms with Crippen LogP contribution in [-0.4, -0.2) is 22.6 Å². The molecule has 0 fully saturated rings. The summed E-state index contributed by atoms with van der Waals surface area (Å²) >= 11 is 0. The molecule has 0 aliphatic carbocycles. The highest BCUT2D eigenvalue weighted by atomic mass is 15.1. The fourth-order valence-electron chi connectivity index (χ4n) is 2.05. The summed E-state index contributed by atoms with van der Waals surface area (Å²) < 4.78 is 0. The van der Waals surface area contributed by atoms with Crippen LogP contribution in [0.5, 0.6) is 0 Å². The Bertz CT molecular complexity index is 415. The predicted molar refractivity (Wildman–Crippen MR) is 92.1 cm³/mol. The van der Waals surface area contributed by atoms with Crippen molar-refractivity contribution in [1.82, 2.24) is 9.97 Å². The summed E-state index contributed by atoms with van der Waals surface area (Å²) in [5, 5.41) is 6.88. The molecule has 1 aromatic heterocycles. The average molecular weight is 292 g/mol. The Balaban J connectivity index is 2.77. The Labute approximate surface area is 130 Å². The average Bonchev–Trinajstić information content (AvgIpc) is 2.42. The molecule has 0 saturated heterocycles. The topological polar surface area (TPSA) is 49.8 Å². The van der Waals surface area contributed by atoms with Crippen molar-refractivity contribution in [3.05, 3.63) is 11.9 Å². The first-order chi connectivity index (χ1) is 9.92. The molecule has 1 atom stereocenters. The molecule has 1 aromatic rings. The van der Waals surface area contributed by atoms with Crippen LogP contribution in [0.3, 0.4) is 0 Å². The maximum atomic E-state index is 4.65. The number of nitrogens with one attached hydrogen (secondary N) is 2. The zero-order chi connectivity index (χ0) is 15.8. The monoisotopic (exact) mass is 292 g/mol. The van der Waals surface area contributed by atoms with Gasteiger partial charge in [-0.2, -0.15) is 0 Å². The van der Waals surface area contributed by atoms with E-state index in [2.05, 4.69) is 62.1 Å². The zero-order valence-corrected chi connectivity index (χ0v) is 14.5. The molecule has 0 aliphatic heterocycles. The molecule has 4 heteroatoms. The van der Waals surface area contributed by atoms with Gasteiger partial charge < -0.3 is 10.6 Å². The lowest BCUT2D eigenvalue weighted by molar-refractivity contribution is 0.527. The minimum atomic E-state index is 0.333. The standard InChI is InChI=1S/C17H32N4/c1-7-10-18-15-11-16(21-17(20-15)13(4)5)19-14(6)9-8-12(2)3/h11-14H,7-10H2,1-6H3,(H2,18,19,20,21). The number of nitrogens with zero attached hydrogens (tertiary/aromatic N) is 2. The predicted octanol–water partition coefficient (Wildman–Crippen LogP) is 4.66. The van der Waals surface area contributed by atoms with Crippen LogP contribution in [0.4, 0.5) is 11.6 Å². The number of rotatable bonds is 9. The van der Waals surface area contributed by atoms with Crippen LogP contribution in [0.15, 0.2) is 6.07 Å². The van der Waals surface area contributed by atoms with Crippen molar-refractivity contribution >= 4 is 11.6 Å². The molecule has 0 radical (unpaired) electrons. The highest BCUT2D eigenvalue weighted by molar-refractivity contribution is 5.48. The van der Waals surface area contributed by atoms with Crippen LogP contribution in [0.1, 0.15) is 72.5 Å². The van der Waals surface area contributed by atoms with Crippen LogP contribution in [0.25, 0.3) is 0 Å². The highest BCUT2D eigenvalue weighted by Gasteiger charge is 2.10. The second kappa shape index (κ2) is 8.85. The van der Waals surface area contributed by atoms with Crippen molar-refractivity contribution in [2.24, 2.45) is 5.92 Å². The molecule has 0 aliphatic rings. The fraction of sp³-hybridized carbons (Fsp3) is 0.765. The summed E-state index contributed by atoms with van der Waals surface area (Å²) in [6.07, 6.45) is 3.49. The molecule has 120 valence electrons. The third-order valence-electron chi connectivity index (χ3n) is 3.39. The SMILES string of the molecule is CCCNc1cc(NC(C)CCC(C)C)nc(C(C)C)n1. The molecular weight excluding hydrogens is 260 g/mol. The molecule has 0 saturated carbocycles. The van der Waals surface area contributed by atoms with Gasteiger partial charge in [0, 0.05) is 24.6 Å². The molecule has 0 bridgehead atoms. The van der Waals surface area contributed by atoms with E-state index in [-0.39, 0.29) is 0 Å². The second-order valence-electron chi connectivity index (χ2n) is 6.59. The van der Waals surface area contributed by atoms with E-state index >= 15 is 0 Å². The van der Waals surface area contributed by atoms with Crippen molar-refractivity contribution in [1.29, 1.82) is 0 Å². The van der Waals surface area contributed by atoms with Gasteiger partial charge in [-0.15, -0.1) is 0 Å². The summed E-state index contributed by atoms with van der Waals surface area (Å²) in [6.45, 7) is 14.1. The first kappa shape index (κ1) is 17.7. The maximum absolute atomic E-state index is 4.65. The third kappa shape index (κ3) is 6.78. The molecule has 21 heavy (non-hydrogen) atoms. The first-order valence-electron chi connectivity index (χ1n) is 8.31. The van der Waals surface area contributed by atoms with E-state index < -0.39 is 0 Å². The summed E-state index contributed by atoms with van der Waals surface area (Å²) in [5.41, 5.74) is 0. The molecule has 2 N–H and O–H groups in total. The highest BCUT2D eigenvalue weighted by Crippen LogP contribution is 2.19. The van der Waals surface area contributed by atoms with Gasteiger partial charge in [-0.1, -0.05) is 34.6 Å². The lowest BCUT2D eigenvalue weighted by atomic mass is 10.0. The van der Waals surface area contributed by atoms with Crippen LogP contribution in [0.2, 0.25) is 0 Å². The van der Waals surface area contributed by atoms with Crippen molar-refractivity contribution in [2.45, 2.75) is 72.8 Å². The van der Waals surface area contributed by atoms with Crippen LogP contribution < -0.4 is 10.6 Å². The van der Waals surface area contributed by atoms with Gasteiger partial charge in [0.25, 0.3) is 0 Å². The Morgan fingerprint density at radius 3 is 2.24 bits per heavy atom. The maximum Gasteiger partial charge on any atom is 0.135 e. The van der Waals surface area contributed by atoms with E-state index in [0.29, 0.717) is 12.0 Å². The van der Waals surface area contributed by atoms with Gasteiger partial charge in [-0.3, -0.25) is 0 Å². The Kier molecular flexibility index (Phi) is 7.48. The third-order valence-corrected chi connectivity index (χ3v) is 3.39. The molecule has 1 heterocycles. The zero-order valence-electron chi connectivity index (χ0n) is 14.5. The summed E-state index contributed by atoms with van der Waals surface area (Å²) in [7, 11) is 0. The minimum absolute atomic E-state index is 0.333. The normalized spacial score (nSPS) is 12.8. The minimum Gasteiger partial charge on any atom is -0.370 e. The van der Waals surface area contributed by atoms with E-state index in [0.717, 1.165) is 42.8 Å². The van der Waals surface area contributed by atoms with E-state index in [1.54, 1.807) is 0 Å². The molecule has 1 unspecified atom stereocenters. The lowest BCUT2D eigenvalue weighted by Crippen LogP contribution is -2.18. The van der Waals surface area contributed by atoms with Gasteiger partial charge >= 0.3 is 0 Å². The number of hydrogen-bond donors (Lipinski definition) is 2. The second-order valence-corrected chi connectivity index (χ2v) is 6.59. The van der Waals surface area contributed by atoms with E-state index in [1.807, 2.05) is 6.07 Å². The molecule has 0 spiro atoms. The van der Waals surface area contributed by atoms with Crippen molar-refractivity contribution in [3.63, 3.8) is 0 Å². The Morgan fingerprint density at radius 1 is 1.00 bits per heavy atom. The van der Waals surface area contributed by atoms with E-state index in [4.69, 9.17) is 0 Å².